The van der Waals surface area contributed by atoms with E-state index in [0.29, 0.717) is 48.6 Å². The molecular weight excluding hydrogens is 499 g/mol. The maximum Gasteiger partial charge on any atom is 0.400 e. The molecule has 2 N–H and O–H groups in total. The van der Waals surface area contributed by atoms with Gasteiger partial charge in [-0.1, -0.05) is 30.3 Å². The van der Waals surface area contributed by atoms with Crippen LogP contribution in [0.25, 0.3) is 22.6 Å². The molecule has 0 radical (unpaired) electrons. The average Bonchev–Trinajstić information content (AvgIpc) is 3.32. The molecule has 1 aliphatic rings. The lowest BCUT2D eigenvalue weighted by atomic mass is 9.86. The summed E-state index contributed by atoms with van der Waals surface area (Å²) >= 11 is 0. The molecule has 1 saturated heterocycles. The molecule has 4 aromatic rings. The van der Waals surface area contributed by atoms with Crippen LogP contribution in [0.3, 0.4) is 0 Å². The molecule has 5 rings (SSSR count). The number of halogens is 1. The Morgan fingerprint density at radius 2 is 1.68 bits per heavy atom. The fraction of sp³-hybridized carbons (Fsp3) is 0.222. The highest BCUT2D eigenvalue weighted by Crippen LogP contribution is 2.40. The second-order valence-corrected chi connectivity index (χ2v) is 10.2. The zero-order valence-electron chi connectivity index (χ0n) is 20.0. The average molecular weight is 525 g/mol. The first kappa shape index (κ1) is 25.1. The lowest BCUT2D eigenvalue weighted by molar-refractivity contribution is -0.0950. The van der Waals surface area contributed by atoms with Crippen molar-refractivity contribution >= 4 is 10.0 Å². The molecule has 37 heavy (non-hydrogen) atoms. The normalized spacial score (nSPS) is 15.4. The predicted octanol–water partition coefficient (Wildman–Crippen LogP) is 5.24. The van der Waals surface area contributed by atoms with Gasteiger partial charge in [0.05, 0.1) is 10.5 Å². The molecule has 0 atom stereocenters. The molecule has 8 nitrogen and oxygen atoms in total. The molecule has 192 valence electrons. The lowest BCUT2D eigenvalue weighted by Crippen LogP contribution is -2.35. The summed E-state index contributed by atoms with van der Waals surface area (Å²) in [6.45, 7) is 1.02. The summed E-state index contributed by atoms with van der Waals surface area (Å²) in [7, 11) is -2.25. The summed E-state index contributed by atoms with van der Waals surface area (Å²) in [4.78, 5) is 4.50. The van der Waals surface area contributed by atoms with Gasteiger partial charge >= 0.3 is 6.08 Å². The molecule has 1 aromatic heterocycles. The Bertz CT molecular complexity index is 1500. The highest BCUT2D eigenvalue weighted by Gasteiger charge is 2.35. The smallest absolute Gasteiger partial charge is 0.400 e. The van der Waals surface area contributed by atoms with Gasteiger partial charge in [-0.2, -0.15) is 4.98 Å². The summed E-state index contributed by atoms with van der Waals surface area (Å²) in [6.07, 6.45) is 1.07. The van der Waals surface area contributed by atoms with Gasteiger partial charge in [0, 0.05) is 50.4 Å². The Balaban J connectivity index is 1.53. The van der Waals surface area contributed by atoms with E-state index in [-0.39, 0.29) is 16.7 Å². The van der Waals surface area contributed by atoms with Gasteiger partial charge < -0.3 is 18.6 Å². The molecule has 3 aromatic carbocycles. The Kier molecular flexibility index (Phi) is 6.82. The molecule has 10 heteroatoms. The van der Waals surface area contributed by atoms with Crippen molar-refractivity contribution in [1.29, 1.82) is 0 Å². The summed E-state index contributed by atoms with van der Waals surface area (Å²) in [5.74, 6) is 0.0792. The number of methoxy groups -OCH3 is 1. The van der Waals surface area contributed by atoms with E-state index >= 15 is 0 Å². The monoisotopic (exact) mass is 524 g/mol. The minimum atomic E-state index is -3.85. The summed E-state index contributed by atoms with van der Waals surface area (Å²) in [5, 5.41) is 5.22. The third-order valence-electron chi connectivity index (χ3n) is 6.39. The van der Waals surface area contributed by atoms with Crippen LogP contribution >= 0.6 is 0 Å². The van der Waals surface area contributed by atoms with Gasteiger partial charge in [-0.15, -0.1) is 0 Å². The molecule has 2 heterocycles. The van der Waals surface area contributed by atoms with Gasteiger partial charge in [0.15, 0.2) is 5.76 Å². The number of rotatable bonds is 7. The van der Waals surface area contributed by atoms with Gasteiger partial charge in [0.1, 0.15) is 17.3 Å². The number of benzene rings is 3. The Hall–Kier alpha value is -3.57. The Labute approximate surface area is 213 Å². The van der Waals surface area contributed by atoms with E-state index in [1.165, 1.54) is 24.3 Å². The fourth-order valence-electron chi connectivity index (χ4n) is 4.42. The number of ether oxygens (including phenoxy) is 3. The topological polar surface area (TPSA) is 114 Å². The quantitative estimate of drug-likeness (QED) is 0.352. The highest BCUT2D eigenvalue weighted by molar-refractivity contribution is 7.89. The van der Waals surface area contributed by atoms with Gasteiger partial charge in [0.25, 0.3) is 0 Å². The maximum absolute atomic E-state index is 14.7. The van der Waals surface area contributed by atoms with Gasteiger partial charge in [-0.25, -0.2) is 17.9 Å². The number of oxazole rings is 1. The van der Waals surface area contributed by atoms with Crippen molar-refractivity contribution in [3.05, 3.63) is 84.2 Å². The van der Waals surface area contributed by atoms with Crippen molar-refractivity contribution in [2.45, 2.75) is 23.3 Å². The van der Waals surface area contributed by atoms with Crippen LogP contribution in [0.4, 0.5) is 4.39 Å². The van der Waals surface area contributed by atoms with Crippen molar-refractivity contribution in [2.75, 3.05) is 20.3 Å². The van der Waals surface area contributed by atoms with Crippen molar-refractivity contribution in [3.63, 3.8) is 0 Å². The first-order valence-corrected chi connectivity index (χ1v) is 13.1. The van der Waals surface area contributed by atoms with E-state index in [2.05, 4.69) is 4.98 Å². The van der Waals surface area contributed by atoms with Crippen LogP contribution < -0.4 is 9.88 Å². The first-order valence-electron chi connectivity index (χ1n) is 11.6. The Morgan fingerprint density at radius 3 is 2.32 bits per heavy atom. The van der Waals surface area contributed by atoms with Crippen molar-refractivity contribution in [1.82, 2.24) is 4.98 Å². The zero-order chi connectivity index (χ0) is 26.0. The maximum atomic E-state index is 14.7. The highest BCUT2D eigenvalue weighted by atomic mass is 32.2. The van der Waals surface area contributed by atoms with Crippen LogP contribution in [0.5, 0.6) is 11.8 Å². The molecule has 0 aliphatic carbocycles. The number of nitrogens with zero attached hydrogens (tertiary/aromatic N) is 1. The van der Waals surface area contributed by atoms with Crippen LogP contribution in [0.1, 0.15) is 18.4 Å². The SMILES string of the molecule is COC1(c2cc(F)cc(Oc3nc(-c4ccccc4)c(-c4ccc(S(N)(=O)=O)cc4)o3)c2)CCOCC1. The minimum Gasteiger partial charge on any atom is -0.411 e. The van der Waals surface area contributed by atoms with E-state index in [9.17, 15) is 12.8 Å². The number of sulfonamides is 1. The van der Waals surface area contributed by atoms with E-state index in [4.69, 9.17) is 23.8 Å². The Morgan fingerprint density at radius 1 is 0.973 bits per heavy atom. The van der Waals surface area contributed by atoms with E-state index in [0.717, 1.165) is 5.56 Å². The van der Waals surface area contributed by atoms with Crippen LogP contribution in [-0.2, 0) is 25.1 Å². The molecule has 0 spiro atoms. The third kappa shape index (κ3) is 5.28. The molecular formula is C27H25FN2O6S. The molecule has 0 unspecified atom stereocenters. The number of hydrogen-bond acceptors (Lipinski definition) is 7. The zero-order valence-corrected chi connectivity index (χ0v) is 20.8. The van der Waals surface area contributed by atoms with Crippen molar-refractivity contribution in [2.24, 2.45) is 5.14 Å². The number of nitrogens with two attached hydrogens (primary N) is 1. The first-order chi connectivity index (χ1) is 17.8. The minimum absolute atomic E-state index is 0.0269. The standard InChI is InChI=1S/C27H25FN2O6S/c1-33-27(11-13-34-14-12-27)20-15-21(28)17-22(16-20)35-26-30-24(18-5-3-2-4-6-18)25(36-26)19-7-9-23(10-8-19)37(29,31)32/h2-10,15-17H,11-14H2,1H3,(H2,29,31,32). The molecule has 0 bridgehead atoms. The molecule has 0 amide bonds. The van der Waals surface area contributed by atoms with Crippen LogP contribution in [0.2, 0.25) is 0 Å². The second kappa shape index (κ2) is 10.1. The largest absolute Gasteiger partial charge is 0.411 e. The summed E-state index contributed by atoms with van der Waals surface area (Å²) in [5.41, 5.74) is 1.76. The lowest BCUT2D eigenvalue weighted by Gasteiger charge is -2.36. The number of hydrogen-bond donors (Lipinski definition) is 1. The number of primary sulfonamides is 1. The van der Waals surface area contributed by atoms with E-state index in [1.54, 1.807) is 25.3 Å². The van der Waals surface area contributed by atoms with Gasteiger partial charge in [-0.3, -0.25) is 0 Å². The second-order valence-electron chi connectivity index (χ2n) is 8.68. The van der Waals surface area contributed by atoms with Crippen LogP contribution in [-0.4, -0.2) is 33.7 Å². The predicted molar refractivity (Wildman–Crippen MR) is 134 cm³/mol. The van der Waals surface area contributed by atoms with Crippen LogP contribution in [0.15, 0.2) is 82.1 Å². The summed E-state index contributed by atoms with van der Waals surface area (Å²) in [6, 6.07) is 19.6. The molecule has 0 saturated carbocycles. The third-order valence-corrected chi connectivity index (χ3v) is 7.32. The van der Waals surface area contributed by atoms with Crippen molar-refractivity contribution < 1.29 is 31.4 Å². The fourth-order valence-corrected chi connectivity index (χ4v) is 4.94. The molecule has 1 aliphatic heterocycles. The van der Waals surface area contributed by atoms with E-state index < -0.39 is 21.4 Å². The summed E-state index contributed by atoms with van der Waals surface area (Å²) < 4.78 is 61.1. The van der Waals surface area contributed by atoms with Crippen molar-refractivity contribution in [3.8, 4) is 34.4 Å². The van der Waals surface area contributed by atoms with Crippen LogP contribution in [0, 0.1) is 5.82 Å². The van der Waals surface area contributed by atoms with E-state index in [1.807, 2.05) is 30.3 Å². The van der Waals surface area contributed by atoms with Gasteiger partial charge in [-0.05, 0) is 42.0 Å². The van der Waals surface area contributed by atoms with Gasteiger partial charge in [0.2, 0.25) is 10.0 Å². The molecule has 1 fully saturated rings. The number of aromatic nitrogens is 1.